The van der Waals surface area contributed by atoms with Crippen LogP contribution < -0.4 is 57.3 Å². The number of ether oxygens (including phenoxy) is 6. The van der Waals surface area contributed by atoms with Gasteiger partial charge >= 0.3 is 18.2 Å². The lowest BCUT2D eigenvalue weighted by molar-refractivity contribution is -0.142. The predicted molar refractivity (Wildman–Crippen MR) is 315 cm³/mol. The first kappa shape index (κ1) is 65.8. The van der Waals surface area contributed by atoms with E-state index in [1.165, 1.54) is 63.6 Å². The van der Waals surface area contributed by atoms with Gasteiger partial charge in [0.05, 0.1) is 44.2 Å². The Labute approximate surface area is 498 Å². The van der Waals surface area contributed by atoms with Crippen LogP contribution in [0.4, 0.5) is 31.4 Å². The first-order valence-electron chi connectivity index (χ1n) is 27.5. The fourth-order valence-electron chi connectivity index (χ4n) is 10.2. The number of unbranched alkanes of at least 4 members (excludes halogenated alkanes) is 1. The van der Waals surface area contributed by atoms with Gasteiger partial charge < -0.3 is 75.5 Å². The van der Waals surface area contributed by atoms with Crippen LogP contribution >= 0.6 is 23.8 Å². The van der Waals surface area contributed by atoms with E-state index in [9.17, 15) is 43.5 Å². The molecule has 4 aliphatic heterocycles. The number of carbonyl (C=O) groups excluding carboxylic acids is 8. The second-order valence-corrected chi connectivity index (χ2v) is 22.4. The predicted octanol–water partition coefficient (Wildman–Crippen LogP) is 4.49. The van der Waals surface area contributed by atoms with Crippen LogP contribution in [0.1, 0.15) is 78.7 Å². The standard InChI is InChI=1S/C57H77ClN10O15S/c1-32(2)56(31-69,65-52(84)61-21-10-11-23-68-45(70)19-20-46(68)71)30-62-38(15-13-22-60-51(59)74)50(73)64-37-18-17-36(27-40(37)78-7)63-53(75)82-44-28-47(72)67(6)39-25-35(26-41(79-8)48(39)58)24-33(3)14-12-16-43(80-9)57(77)29-42(81-54(76)66-57)34(4)49-55(44,5)83-49/h12,14,16-20,25-27,31-32,34,38,42-44,49,62,77H,10-11,13,15,21-24,28-30H2,1-9H3,(H,63,75)(H,64,73)(H,66,76)(H3,59,60,74)(H2,61,65,84)/b16-12+,33-14+/t34-,38+,42+,43-,44+,49+,55+,56-,57+/m1/s1. The summed E-state index contributed by atoms with van der Waals surface area (Å²) in [5, 5.41) is 32.2. The number of alkyl carbamates (subject to hydrolysis) is 1. The van der Waals surface area contributed by atoms with Crippen molar-refractivity contribution in [3.05, 3.63) is 76.9 Å². The number of carbonyl (C=O) groups is 8. The highest BCUT2D eigenvalue weighted by Crippen LogP contribution is 2.49. The van der Waals surface area contributed by atoms with Crippen molar-refractivity contribution in [3.8, 4) is 11.5 Å². The van der Waals surface area contributed by atoms with Crippen LogP contribution in [-0.4, -0.2) is 165 Å². The van der Waals surface area contributed by atoms with Crippen LogP contribution in [0.25, 0.3) is 0 Å². The number of allylic oxidation sites excluding steroid dienone is 3. The van der Waals surface area contributed by atoms with Gasteiger partial charge in [-0.2, -0.15) is 0 Å². The van der Waals surface area contributed by atoms with Gasteiger partial charge in [0.25, 0.3) is 11.8 Å². The fourth-order valence-corrected chi connectivity index (χ4v) is 10.8. The van der Waals surface area contributed by atoms with Crippen molar-refractivity contribution in [2.24, 2.45) is 17.6 Å². The van der Waals surface area contributed by atoms with E-state index in [1.807, 2.05) is 26.8 Å². The largest absolute Gasteiger partial charge is 0.495 e. The lowest BCUT2D eigenvalue weighted by Gasteiger charge is -2.42. The van der Waals surface area contributed by atoms with E-state index in [2.05, 4.69) is 37.2 Å². The second-order valence-electron chi connectivity index (χ2n) is 21.6. The molecule has 4 heterocycles. The van der Waals surface area contributed by atoms with Gasteiger partial charge in [-0.15, -0.1) is 0 Å². The molecular weight excluding hydrogens is 1130 g/mol. The van der Waals surface area contributed by atoms with Crippen molar-refractivity contribution in [1.29, 1.82) is 0 Å². The number of hydrogen-bond donors (Lipinski definition) is 9. The van der Waals surface area contributed by atoms with Crippen LogP contribution in [0, 0.1) is 11.8 Å². The van der Waals surface area contributed by atoms with Crippen LogP contribution in [0.3, 0.4) is 0 Å². The van der Waals surface area contributed by atoms with Gasteiger partial charge in [-0.3, -0.25) is 34.7 Å². The Kier molecular flexibility index (Phi) is 22.7. The lowest BCUT2D eigenvalue weighted by Crippen LogP contribution is -2.63. The summed E-state index contributed by atoms with van der Waals surface area (Å²) < 4.78 is 35.1. The zero-order valence-corrected chi connectivity index (χ0v) is 50.2. The number of urea groups is 1. The third-order valence-corrected chi connectivity index (χ3v) is 16.0. The zero-order chi connectivity index (χ0) is 61.7. The number of primary amides is 1. The van der Waals surface area contributed by atoms with Gasteiger partial charge in [0.15, 0.2) is 10.8 Å². The molecule has 6 rings (SSSR count). The molecule has 27 heteroatoms. The number of benzene rings is 2. The number of methoxy groups -OCH3 is 3. The van der Waals surface area contributed by atoms with Gasteiger partial charge in [-0.25, -0.2) is 14.4 Å². The third-order valence-electron chi connectivity index (χ3n) is 15.4. The molecule has 2 fully saturated rings. The third kappa shape index (κ3) is 16.5. The minimum atomic E-state index is -1.90. The van der Waals surface area contributed by atoms with Crippen molar-refractivity contribution in [3.63, 3.8) is 0 Å². The molecule has 2 aromatic rings. The number of anilines is 3. The van der Waals surface area contributed by atoms with Crippen molar-refractivity contribution in [2.45, 2.75) is 127 Å². The molecule has 0 unspecified atom stereocenters. The molecule has 2 aromatic carbocycles. The van der Waals surface area contributed by atoms with E-state index in [0.717, 1.165) is 16.0 Å². The molecule has 84 heavy (non-hydrogen) atoms. The smallest absolute Gasteiger partial charge is 0.412 e. The topological polar surface area (TPSA) is 332 Å². The van der Waals surface area contributed by atoms with Crippen LogP contribution in [-0.2, 0) is 49.3 Å². The average molecular weight is 1210 g/mol. The first-order valence-corrected chi connectivity index (χ1v) is 28.3. The van der Waals surface area contributed by atoms with Gasteiger partial charge in [0.2, 0.25) is 11.8 Å². The highest BCUT2D eigenvalue weighted by molar-refractivity contribution is 7.80. The number of epoxide rings is 1. The van der Waals surface area contributed by atoms with E-state index in [1.54, 1.807) is 38.1 Å². The Bertz CT molecular complexity index is 2890. The molecule has 0 aliphatic carbocycles. The van der Waals surface area contributed by atoms with Crippen LogP contribution in [0.5, 0.6) is 11.5 Å². The number of fused-ring (bicyclic) bond motifs is 5. The molecule has 10 N–H and O–H groups in total. The van der Waals surface area contributed by atoms with Crippen LogP contribution in [0.2, 0.25) is 5.02 Å². The van der Waals surface area contributed by atoms with Crippen LogP contribution in [0.15, 0.2) is 66.3 Å². The van der Waals surface area contributed by atoms with Crippen molar-refractivity contribution in [1.82, 2.24) is 31.5 Å². The Balaban J connectivity index is 1.19. The molecule has 0 spiro atoms. The molecule has 8 amide bonds. The molecule has 4 bridgehead atoms. The summed E-state index contributed by atoms with van der Waals surface area (Å²) in [6, 6.07) is 6.21. The SMILES string of the molecule is COc1cc(NC(=O)O[C@H]2CC(=O)N(C)c3cc(cc(OC)c3Cl)C/C(C)=C/C=C/[C@@H](OC)[C@@]3(O)C[C@H](OC(=O)N3)[C@@H](C)[C@@H]3O[C@@]23C)ccc1NC(=O)[C@H](CCCNC(N)=O)NC[C@](C=O)(NC(=S)NCCCCN1C(=O)C=CC1=O)C(C)C. The van der Waals surface area contributed by atoms with Gasteiger partial charge in [0, 0.05) is 76.6 Å². The van der Waals surface area contributed by atoms with Crippen molar-refractivity contribution >= 4 is 94.1 Å². The number of rotatable bonds is 22. The highest BCUT2D eigenvalue weighted by atomic mass is 35.5. The second kappa shape index (κ2) is 29.0. The normalized spacial score (nSPS) is 25.3. The molecule has 0 aromatic heterocycles. The summed E-state index contributed by atoms with van der Waals surface area (Å²) in [4.78, 5) is 107. The minimum absolute atomic E-state index is 0.0764. The Hall–Kier alpha value is -7.36. The number of nitrogens with zero attached hydrogens (tertiary/aromatic N) is 2. The maximum atomic E-state index is 14.5. The summed E-state index contributed by atoms with van der Waals surface area (Å²) in [6.07, 6.45) is 3.86. The van der Waals surface area contributed by atoms with E-state index in [4.69, 9.17) is 58.0 Å². The summed E-state index contributed by atoms with van der Waals surface area (Å²) in [5.74, 6) is -2.33. The minimum Gasteiger partial charge on any atom is -0.495 e. The Morgan fingerprint density at radius 1 is 1.01 bits per heavy atom. The lowest BCUT2D eigenvalue weighted by atomic mass is 9.83. The molecule has 4 aliphatic rings. The monoisotopic (exact) mass is 1210 g/mol. The number of amides is 8. The number of nitrogens with two attached hydrogens (primary N) is 1. The maximum Gasteiger partial charge on any atom is 0.412 e. The van der Waals surface area contributed by atoms with E-state index < -0.39 is 89.7 Å². The molecule has 9 atom stereocenters. The number of aldehydes is 1. The Morgan fingerprint density at radius 2 is 1.71 bits per heavy atom. The summed E-state index contributed by atoms with van der Waals surface area (Å²) in [7, 11) is 5.76. The van der Waals surface area contributed by atoms with Gasteiger partial charge in [-0.1, -0.05) is 56.2 Å². The van der Waals surface area contributed by atoms with Gasteiger partial charge in [-0.05, 0) is 93.9 Å². The molecule has 2 saturated heterocycles. The number of halogens is 1. The summed E-state index contributed by atoms with van der Waals surface area (Å²) in [5.41, 5.74) is 3.05. The maximum absolute atomic E-state index is 14.5. The number of thiocarbonyl (C=S) groups is 1. The molecular formula is C57H77ClN10O15S. The number of hydrogen-bond acceptors (Lipinski definition) is 17. The summed E-state index contributed by atoms with van der Waals surface area (Å²) >= 11 is 12.4. The van der Waals surface area contributed by atoms with Gasteiger partial charge in [0.1, 0.15) is 52.3 Å². The highest BCUT2D eigenvalue weighted by Gasteiger charge is 2.64. The number of nitrogens with one attached hydrogen (secondary N) is 7. The molecule has 458 valence electrons. The van der Waals surface area contributed by atoms with Crippen molar-refractivity contribution < 1.29 is 71.9 Å². The van der Waals surface area contributed by atoms with E-state index in [-0.39, 0.29) is 77.5 Å². The number of aliphatic hydroxyl groups is 1. The zero-order valence-electron chi connectivity index (χ0n) is 48.6. The summed E-state index contributed by atoms with van der Waals surface area (Å²) in [6.45, 7) is 9.63. The first-order chi connectivity index (χ1) is 39.8. The van der Waals surface area contributed by atoms with E-state index in [0.29, 0.717) is 50.0 Å². The molecule has 0 saturated carbocycles. The average Bonchev–Trinajstić information content (AvgIpc) is 1.80. The fraction of sp³-hybridized carbons (Fsp3) is 0.526. The van der Waals surface area contributed by atoms with E-state index >= 15 is 0 Å². The van der Waals surface area contributed by atoms with Crippen molar-refractivity contribution in [2.75, 3.05) is 70.1 Å². The molecule has 0 radical (unpaired) electrons. The Morgan fingerprint density at radius 3 is 2.37 bits per heavy atom. The number of imide groups is 1. The molecule has 25 nitrogen and oxygen atoms in total. The quantitative estimate of drug-likeness (QED) is 0.0258.